The molecule has 0 fully saturated rings. The van der Waals surface area contributed by atoms with Crippen molar-refractivity contribution in [2.45, 2.75) is 26.7 Å². The molecule has 0 saturated heterocycles. The van der Waals surface area contributed by atoms with Gasteiger partial charge in [-0.1, -0.05) is 26.0 Å². The van der Waals surface area contributed by atoms with E-state index in [9.17, 15) is 18.0 Å². The first kappa shape index (κ1) is 17.6. The van der Waals surface area contributed by atoms with E-state index in [1.807, 2.05) is 13.8 Å². The number of rotatable bonds is 8. The number of fused-ring (bicyclic) bond motifs is 1. The molecule has 7 heteroatoms. The maximum atomic E-state index is 12.4. The number of hydrogen-bond acceptors (Lipinski definition) is 4. The first-order valence-corrected chi connectivity index (χ1v) is 9.46. The summed E-state index contributed by atoms with van der Waals surface area (Å²) in [4.78, 5) is 25.5. The number of hydrogen-bond donors (Lipinski definition) is 0. The highest BCUT2D eigenvalue weighted by molar-refractivity contribution is 7.89. The molecule has 1 heterocycles. The molecule has 0 unspecified atom stereocenters. The van der Waals surface area contributed by atoms with E-state index in [2.05, 4.69) is 0 Å². The van der Waals surface area contributed by atoms with E-state index in [-0.39, 0.29) is 12.3 Å². The van der Waals surface area contributed by atoms with E-state index < -0.39 is 21.8 Å². The molecule has 1 aliphatic rings. The van der Waals surface area contributed by atoms with E-state index in [1.165, 1.54) is 4.31 Å². The van der Waals surface area contributed by atoms with E-state index in [0.717, 1.165) is 17.7 Å². The number of carbonyl (C=O) groups is 2. The molecule has 0 aromatic heterocycles. The standard InChI is InChI=1S/C16H22N2O4S/c1-3-9-17(10-4-2)23(21,22)12-11-18-15(19)13-7-5-6-8-14(13)16(18)20/h5-8H,3-4,9-12H2,1-2H3. The topological polar surface area (TPSA) is 74.8 Å². The van der Waals surface area contributed by atoms with E-state index in [0.29, 0.717) is 24.2 Å². The zero-order chi connectivity index (χ0) is 17.0. The fourth-order valence-corrected chi connectivity index (χ4v) is 4.26. The Kier molecular flexibility index (Phi) is 5.54. The monoisotopic (exact) mass is 338 g/mol. The molecule has 0 spiro atoms. The van der Waals surface area contributed by atoms with Gasteiger partial charge in [0.25, 0.3) is 11.8 Å². The van der Waals surface area contributed by atoms with Crippen LogP contribution in [0.5, 0.6) is 0 Å². The number of sulfonamides is 1. The highest BCUT2D eigenvalue weighted by Gasteiger charge is 2.36. The number of nitrogens with zero attached hydrogens (tertiary/aromatic N) is 2. The van der Waals surface area contributed by atoms with Crippen molar-refractivity contribution in [1.82, 2.24) is 9.21 Å². The normalized spacial score (nSPS) is 14.7. The maximum Gasteiger partial charge on any atom is 0.261 e. The Morgan fingerprint density at radius 3 is 1.87 bits per heavy atom. The molecule has 0 atom stereocenters. The van der Waals surface area contributed by atoms with Crippen molar-refractivity contribution in [3.8, 4) is 0 Å². The van der Waals surface area contributed by atoms with Crippen LogP contribution in [0.4, 0.5) is 0 Å². The van der Waals surface area contributed by atoms with Gasteiger partial charge in [0.15, 0.2) is 0 Å². The summed E-state index contributed by atoms with van der Waals surface area (Å²) < 4.78 is 26.3. The Balaban J connectivity index is 2.09. The lowest BCUT2D eigenvalue weighted by Crippen LogP contribution is -2.40. The van der Waals surface area contributed by atoms with Crippen molar-refractivity contribution in [2.24, 2.45) is 0 Å². The third kappa shape index (κ3) is 3.61. The van der Waals surface area contributed by atoms with Gasteiger partial charge >= 0.3 is 0 Å². The van der Waals surface area contributed by atoms with Gasteiger partial charge in [-0.15, -0.1) is 0 Å². The molecule has 23 heavy (non-hydrogen) atoms. The summed E-state index contributed by atoms with van der Waals surface area (Å²) in [5.74, 6) is -1.07. The highest BCUT2D eigenvalue weighted by atomic mass is 32.2. The summed E-state index contributed by atoms with van der Waals surface area (Å²) in [6.07, 6.45) is 1.46. The van der Waals surface area contributed by atoms with Crippen LogP contribution in [-0.2, 0) is 10.0 Å². The minimum atomic E-state index is -3.48. The molecular weight excluding hydrogens is 316 g/mol. The van der Waals surface area contributed by atoms with Crippen molar-refractivity contribution in [1.29, 1.82) is 0 Å². The van der Waals surface area contributed by atoms with Crippen LogP contribution in [0.25, 0.3) is 0 Å². The van der Waals surface area contributed by atoms with Crippen molar-refractivity contribution in [2.75, 3.05) is 25.4 Å². The number of benzene rings is 1. The van der Waals surface area contributed by atoms with Crippen LogP contribution >= 0.6 is 0 Å². The Hall–Kier alpha value is -1.73. The molecular formula is C16H22N2O4S. The smallest absolute Gasteiger partial charge is 0.261 e. The lowest BCUT2D eigenvalue weighted by Gasteiger charge is -2.22. The van der Waals surface area contributed by atoms with Crippen molar-refractivity contribution >= 4 is 21.8 Å². The van der Waals surface area contributed by atoms with E-state index >= 15 is 0 Å². The molecule has 0 saturated carbocycles. The fraction of sp³-hybridized carbons (Fsp3) is 0.500. The Bertz CT molecular complexity index is 659. The molecule has 0 N–H and O–H groups in total. The summed E-state index contributed by atoms with van der Waals surface area (Å²) >= 11 is 0. The second kappa shape index (κ2) is 7.23. The molecule has 2 amide bonds. The van der Waals surface area contributed by atoms with E-state index in [1.54, 1.807) is 24.3 Å². The third-order valence-electron chi connectivity index (χ3n) is 3.79. The summed E-state index contributed by atoms with van der Waals surface area (Å²) in [7, 11) is -3.48. The SMILES string of the molecule is CCCN(CCC)S(=O)(=O)CCN1C(=O)c2ccccc2C1=O. The predicted molar refractivity (Wildman–Crippen MR) is 87.8 cm³/mol. The van der Waals surface area contributed by atoms with Crippen LogP contribution in [0, 0.1) is 0 Å². The molecule has 0 aliphatic carbocycles. The molecule has 0 radical (unpaired) electrons. The van der Waals surface area contributed by atoms with Gasteiger partial charge in [0.2, 0.25) is 10.0 Å². The average molecular weight is 338 g/mol. The Morgan fingerprint density at radius 1 is 0.957 bits per heavy atom. The first-order valence-electron chi connectivity index (χ1n) is 7.85. The van der Waals surface area contributed by atoms with E-state index in [4.69, 9.17) is 0 Å². The second-order valence-electron chi connectivity index (χ2n) is 5.52. The minimum absolute atomic E-state index is 0.112. The molecule has 126 valence electrons. The van der Waals surface area contributed by atoms with Crippen LogP contribution in [-0.4, -0.2) is 54.8 Å². The largest absolute Gasteiger partial charge is 0.273 e. The van der Waals surface area contributed by atoms with Crippen LogP contribution in [0.3, 0.4) is 0 Å². The summed E-state index contributed by atoms with van der Waals surface area (Å²) in [5.41, 5.74) is 0.683. The molecule has 1 aromatic carbocycles. The van der Waals surface area contributed by atoms with Crippen molar-refractivity contribution in [3.05, 3.63) is 35.4 Å². The minimum Gasteiger partial charge on any atom is -0.273 e. The molecule has 6 nitrogen and oxygen atoms in total. The average Bonchev–Trinajstić information content (AvgIpc) is 2.77. The van der Waals surface area contributed by atoms with Gasteiger partial charge in [-0.3, -0.25) is 14.5 Å². The number of imide groups is 1. The van der Waals surface area contributed by atoms with Crippen LogP contribution < -0.4 is 0 Å². The molecule has 1 aliphatic heterocycles. The molecule has 2 rings (SSSR count). The fourth-order valence-electron chi connectivity index (χ4n) is 2.67. The van der Waals surface area contributed by atoms with Gasteiger partial charge in [0, 0.05) is 19.6 Å². The number of amides is 2. The van der Waals surface area contributed by atoms with Crippen molar-refractivity contribution < 1.29 is 18.0 Å². The van der Waals surface area contributed by atoms with Gasteiger partial charge in [0.1, 0.15) is 0 Å². The Morgan fingerprint density at radius 2 is 1.43 bits per heavy atom. The van der Waals surface area contributed by atoms with Crippen LogP contribution in [0.2, 0.25) is 0 Å². The van der Waals surface area contributed by atoms with Crippen LogP contribution in [0.1, 0.15) is 47.4 Å². The second-order valence-corrected chi connectivity index (χ2v) is 7.61. The predicted octanol–water partition coefficient (Wildman–Crippen LogP) is 1.73. The van der Waals surface area contributed by atoms with Gasteiger partial charge < -0.3 is 0 Å². The number of carbonyl (C=O) groups excluding carboxylic acids is 2. The summed E-state index contributed by atoms with van der Waals surface area (Å²) in [6, 6.07) is 6.55. The third-order valence-corrected chi connectivity index (χ3v) is 5.64. The maximum absolute atomic E-state index is 12.4. The quantitative estimate of drug-likeness (QED) is 0.677. The molecule has 0 bridgehead atoms. The van der Waals surface area contributed by atoms with Gasteiger partial charge in [0.05, 0.1) is 16.9 Å². The van der Waals surface area contributed by atoms with Crippen LogP contribution in [0.15, 0.2) is 24.3 Å². The zero-order valence-corrected chi connectivity index (χ0v) is 14.3. The summed E-state index contributed by atoms with van der Waals surface area (Å²) in [5, 5.41) is 0. The zero-order valence-electron chi connectivity index (χ0n) is 13.5. The Labute approximate surface area is 137 Å². The lowest BCUT2D eigenvalue weighted by molar-refractivity contribution is 0.0664. The highest BCUT2D eigenvalue weighted by Crippen LogP contribution is 2.22. The molecule has 1 aromatic rings. The lowest BCUT2D eigenvalue weighted by atomic mass is 10.1. The van der Waals surface area contributed by atoms with Gasteiger partial charge in [-0.2, -0.15) is 0 Å². The van der Waals surface area contributed by atoms with Crippen molar-refractivity contribution in [3.63, 3.8) is 0 Å². The summed E-state index contributed by atoms with van der Waals surface area (Å²) in [6.45, 7) is 4.64. The first-order chi connectivity index (χ1) is 10.9. The van der Waals surface area contributed by atoms with Gasteiger partial charge in [-0.25, -0.2) is 12.7 Å². The van der Waals surface area contributed by atoms with Gasteiger partial charge in [-0.05, 0) is 25.0 Å².